The third-order valence-electron chi connectivity index (χ3n) is 5.68. The summed E-state index contributed by atoms with van der Waals surface area (Å²) < 4.78 is 0. The maximum atomic E-state index is 10.3. The smallest absolute Gasteiger partial charge is 0.141 e. The van der Waals surface area contributed by atoms with Crippen LogP contribution in [0.2, 0.25) is 0 Å². The van der Waals surface area contributed by atoms with Gasteiger partial charge in [-0.15, -0.1) is 12.6 Å². The average Bonchev–Trinajstić information content (AvgIpc) is 2.73. The Balaban J connectivity index is 1.97. The molecule has 3 rings (SSSR count). The molecule has 34 heavy (non-hydrogen) atoms. The van der Waals surface area contributed by atoms with Gasteiger partial charge < -0.3 is 10.2 Å². The van der Waals surface area contributed by atoms with Crippen LogP contribution in [-0.2, 0) is 10.8 Å². The number of aromatic hydroxyl groups is 2. The minimum Gasteiger partial charge on any atom is -0.506 e. The van der Waals surface area contributed by atoms with E-state index in [1.807, 2.05) is 43.3 Å². The Morgan fingerprint density at radius 3 is 1.41 bits per heavy atom. The van der Waals surface area contributed by atoms with Crippen LogP contribution in [0.3, 0.4) is 0 Å². The van der Waals surface area contributed by atoms with Crippen LogP contribution in [0.25, 0.3) is 0 Å². The fourth-order valence-corrected chi connectivity index (χ4v) is 3.74. The first-order valence-corrected chi connectivity index (χ1v) is 11.8. The molecule has 3 aromatic carbocycles. The molecule has 178 valence electrons. The first-order valence-electron chi connectivity index (χ1n) is 11.3. The van der Waals surface area contributed by atoms with Crippen molar-refractivity contribution in [3.05, 3.63) is 76.3 Å². The molecule has 0 aromatic heterocycles. The second-order valence-corrected chi connectivity index (χ2v) is 11.2. The minimum atomic E-state index is -0.0461. The molecule has 0 atom stereocenters. The highest BCUT2D eigenvalue weighted by Gasteiger charge is 2.16. The Hall–Kier alpha value is -3.05. The summed E-state index contributed by atoms with van der Waals surface area (Å²) >= 11 is 4.73. The number of aliphatic imine (C=N–C) groups is 2. The highest BCUT2D eigenvalue weighted by atomic mass is 32.1. The Labute approximate surface area is 208 Å². The quantitative estimate of drug-likeness (QED) is 0.267. The van der Waals surface area contributed by atoms with Crippen molar-refractivity contribution in [2.24, 2.45) is 9.98 Å². The number of aryl methyl sites for hydroxylation is 1. The molecule has 0 heterocycles. The zero-order valence-electron chi connectivity index (χ0n) is 21.0. The van der Waals surface area contributed by atoms with Crippen molar-refractivity contribution in [3.8, 4) is 11.5 Å². The first kappa shape index (κ1) is 25.6. The van der Waals surface area contributed by atoms with Gasteiger partial charge >= 0.3 is 0 Å². The number of benzene rings is 3. The second-order valence-electron chi connectivity index (χ2n) is 10.7. The predicted molar refractivity (Wildman–Crippen MR) is 147 cm³/mol. The third-order valence-corrected chi connectivity index (χ3v) is 6.20. The molecule has 0 saturated carbocycles. The van der Waals surface area contributed by atoms with E-state index in [1.54, 1.807) is 24.6 Å². The molecule has 3 aromatic rings. The maximum absolute atomic E-state index is 10.3. The lowest BCUT2D eigenvalue weighted by molar-refractivity contribution is 0.475. The SMILES string of the molecule is Cc1cc(C=Nc2cc(C(C)(C)C)ccc2O)c(S)c(C=Nc2cc(C(C)(C)C)ccc2O)c1. The van der Waals surface area contributed by atoms with Crippen molar-refractivity contribution in [2.45, 2.75) is 64.2 Å². The Kier molecular flexibility index (Phi) is 7.27. The fourth-order valence-electron chi connectivity index (χ4n) is 3.50. The number of hydrogen-bond acceptors (Lipinski definition) is 5. The van der Waals surface area contributed by atoms with Gasteiger partial charge in [0.25, 0.3) is 0 Å². The van der Waals surface area contributed by atoms with E-state index >= 15 is 0 Å². The third kappa shape index (κ3) is 6.09. The van der Waals surface area contributed by atoms with E-state index in [1.165, 1.54) is 0 Å². The van der Waals surface area contributed by atoms with Crippen LogP contribution in [0.4, 0.5) is 11.4 Å². The normalized spacial score (nSPS) is 12.7. The second kappa shape index (κ2) is 9.67. The largest absolute Gasteiger partial charge is 0.506 e. The number of thiol groups is 1. The zero-order chi connectivity index (χ0) is 25.3. The molecular formula is C29H34N2O2S. The molecule has 0 saturated heterocycles. The molecule has 0 spiro atoms. The molecule has 2 N–H and O–H groups in total. The van der Waals surface area contributed by atoms with E-state index in [4.69, 9.17) is 12.6 Å². The summed E-state index contributed by atoms with van der Waals surface area (Å²) in [7, 11) is 0. The zero-order valence-corrected chi connectivity index (χ0v) is 21.9. The molecule has 0 aliphatic heterocycles. The van der Waals surface area contributed by atoms with Gasteiger partial charge in [0, 0.05) is 28.5 Å². The van der Waals surface area contributed by atoms with Crippen molar-refractivity contribution >= 4 is 36.4 Å². The molecule has 5 heteroatoms. The van der Waals surface area contributed by atoms with Gasteiger partial charge in [0.15, 0.2) is 0 Å². The summed E-state index contributed by atoms with van der Waals surface area (Å²) in [6, 6.07) is 15.0. The van der Waals surface area contributed by atoms with Crippen LogP contribution < -0.4 is 0 Å². The fraction of sp³-hybridized carbons (Fsp3) is 0.310. The van der Waals surface area contributed by atoms with Gasteiger partial charge in [-0.1, -0.05) is 53.7 Å². The van der Waals surface area contributed by atoms with Crippen LogP contribution in [0.5, 0.6) is 11.5 Å². The number of phenols is 2. The van der Waals surface area contributed by atoms with Gasteiger partial charge in [-0.2, -0.15) is 0 Å². The molecule has 0 fully saturated rings. The summed E-state index contributed by atoms with van der Waals surface area (Å²) in [6.45, 7) is 14.7. The van der Waals surface area contributed by atoms with Gasteiger partial charge in [0.2, 0.25) is 0 Å². The van der Waals surface area contributed by atoms with Crippen LogP contribution in [0.15, 0.2) is 63.4 Å². The van der Waals surface area contributed by atoms with Crippen molar-refractivity contribution in [2.75, 3.05) is 0 Å². The van der Waals surface area contributed by atoms with Crippen LogP contribution in [0.1, 0.15) is 69.4 Å². The van der Waals surface area contributed by atoms with Crippen molar-refractivity contribution < 1.29 is 10.2 Å². The maximum Gasteiger partial charge on any atom is 0.141 e. The lowest BCUT2D eigenvalue weighted by atomic mass is 9.87. The lowest BCUT2D eigenvalue weighted by Gasteiger charge is -2.19. The van der Waals surface area contributed by atoms with E-state index in [2.05, 4.69) is 51.5 Å². The molecule has 0 aliphatic carbocycles. The summed E-state index contributed by atoms with van der Waals surface area (Å²) in [6.07, 6.45) is 3.43. The summed E-state index contributed by atoms with van der Waals surface area (Å²) in [4.78, 5) is 9.83. The summed E-state index contributed by atoms with van der Waals surface area (Å²) in [5.74, 6) is 0.266. The standard InChI is InChI=1S/C29H34N2O2S/c1-18-12-19(16-30-23-14-21(28(2,3)4)8-10-25(23)32)27(34)20(13-18)17-31-24-15-22(29(5,6)7)9-11-26(24)33/h8-17,32-34H,1-7H3. The first-order chi connectivity index (χ1) is 15.8. The molecule has 0 aliphatic rings. The number of phenolic OH excluding ortho intramolecular Hbond substituents is 2. The van der Waals surface area contributed by atoms with E-state index in [0.29, 0.717) is 11.4 Å². The van der Waals surface area contributed by atoms with E-state index in [0.717, 1.165) is 32.7 Å². The van der Waals surface area contributed by atoms with Gasteiger partial charge in [-0.25, -0.2) is 0 Å². The minimum absolute atomic E-state index is 0.0461. The van der Waals surface area contributed by atoms with Crippen molar-refractivity contribution in [3.63, 3.8) is 0 Å². The molecule has 0 radical (unpaired) electrons. The Morgan fingerprint density at radius 2 is 1.06 bits per heavy atom. The van der Waals surface area contributed by atoms with Gasteiger partial charge in [-0.05, 0) is 70.8 Å². The predicted octanol–water partition coefficient (Wildman–Crippen LogP) is 7.79. The van der Waals surface area contributed by atoms with Crippen LogP contribution in [0, 0.1) is 6.92 Å². The van der Waals surface area contributed by atoms with E-state index < -0.39 is 0 Å². The highest BCUT2D eigenvalue weighted by molar-refractivity contribution is 7.80. The monoisotopic (exact) mass is 474 g/mol. The van der Waals surface area contributed by atoms with Gasteiger partial charge in [0.05, 0.1) is 0 Å². The Bertz CT molecular complexity index is 1170. The van der Waals surface area contributed by atoms with E-state index in [9.17, 15) is 10.2 Å². The van der Waals surface area contributed by atoms with E-state index in [-0.39, 0.29) is 22.3 Å². The van der Waals surface area contributed by atoms with Crippen LogP contribution in [-0.4, -0.2) is 22.6 Å². The molecule has 0 bridgehead atoms. The molecule has 0 unspecified atom stereocenters. The highest BCUT2D eigenvalue weighted by Crippen LogP contribution is 2.34. The number of nitrogens with zero attached hydrogens (tertiary/aromatic N) is 2. The molecular weight excluding hydrogens is 440 g/mol. The molecule has 0 amide bonds. The van der Waals surface area contributed by atoms with Gasteiger partial charge in [-0.3, -0.25) is 9.98 Å². The van der Waals surface area contributed by atoms with Crippen molar-refractivity contribution in [1.82, 2.24) is 0 Å². The number of hydrogen-bond donors (Lipinski definition) is 3. The molecule has 4 nitrogen and oxygen atoms in total. The average molecular weight is 475 g/mol. The van der Waals surface area contributed by atoms with Crippen LogP contribution >= 0.6 is 12.6 Å². The number of rotatable bonds is 4. The topological polar surface area (TPSA) is 65.2 Å². The Morgan fingerprint density at radius 1 is 0.676 bits per heavy atom. The van der Waals surface area contributed by atoms with Gasteiger partial charge in [0.1, 0.15) is 22.9 Å². The lowest BCUT2D eigenvalue weighted by Crippen LogP contribution is -2.10. The van der Waals surface area contributed by atoms with Crippen molar-refractivity contribution in [1.29, 1.82) is 0 Å². The summed E-state index contributed by atoms with van der Waals surface area (Å²) in [5, 5.41) is 20.6. The summed E-state index contributed by atoms with van der Waals surface area (Å²) in [5.41, 5.74) is 5.79.